The third kappa shape index (κ3) is 6.40. The standard InChI is InChI=1S/C9H17N3O2/c1-3-8(7-14-2)12-6-9(13)11-5-4-10/h8,12H,3,5-7H2,1-2H3,(H,11,13). The number of nitriles is 1. The number of carbonyl (C=O) groups is 1. The minimum absolute atomic E-state index is 0.0571. The smallest absolute Gasteiger partial charge is 0.234 e. The van der Waals surface area contributed by atoms with Gasteiger partial charge in [-0.25, -0.2) is 0 Å². The number of carbonyl (C=O) groups excluding carboxylic acids is 1. The SMILES string of the molecule is CCC(COC)NCC(=O)NCC#N. The first kappa shape index (κ1) is 12.9. The number of nitrogens with zero attached hydrogens (tertiary/aromatic N) is 1. The molecule has 1 unspecified atom stereocenters. The van der Waals surface area contributed by atoms with Crippen molar-refractivity contribution in [2.75, 3.05) is 26.8 Å². The van der Waals surface area contributed by atoms with Gasteiger partial charge in [0.2, 0.25) is 5.91 Å². The summed E-state index contributed by atoms with van der Waals surface area (Å²) in [7, 11) is 1.63. The zero-order chi connectivity index (χ0) is 10.8. The number of nitrogens with one attached hydrogen (secondary N) is 2. The summed E-state index contributed by atoms with van der Waals surface area (Å²) >= 11 is 0. The lowest BCUT2D eigenvalue weighted by Gasteiger charge is -2.14. The first-order chi connectivity index (χ1) is 6.74. The summed E-state index contributed by atoms with van der Waals surface area (Å²) in [6.45, 7) is 2.89. The maximum atomic E-state index is 11.1. The minimum atomic E-state index is -0.166. The summed E-state index contributed by atoms with van der Waals surface area (Å²) < 4.78 is 4.96. The van der Waals surface area contributed by atoms with Crippen LogP contribution in [0.4, 0.5) is 0 Å². The van der Waals surface area contributed by atoms with Crippen LogP contribution >= 0.6 is 0 Å². The van der Waals surface area contributed by atoms with Crippen LogP contribution in [0.25, 0.3) is 0 Å². The van der Waals surface area contributed by atoms with Crippen LogP contribution < -0.4 is 10.6 Å². The molecule has 0 aromatic heterocycles. The predicted octanol–water partition coefficient (Wildman–Crippen LogP) is -0.359. The molecule has 5 nitrogen and oxygen atoms in total. The summed E-state index contributed by atoms with van der Waals surface area (Å²) in [5.41, 5.74) is 0. The van der Waals surface area contributed by atoms with Crippen molar-refractivity contribution in [2.45, 2.75) is 19.4 Å². The summed E-state index contributed by atoms with van der Waals surface area (Å²) in [6, 6.07) is 2.03. The van der Waals surface area contributed by atoms with E-state index in [0.29, 0.717) is 6.61 Å². The van der Waals surface area contributed by atoms with Gasteiger partial charge in [-0.2, -0.15) is 5.26 Å². The second kappa shape index (κ2) is 8.48. The Morgan fingerprint density at radius 3 is 2.86 bits per heavy atom. The maximum Gasteiger partial charge on any atom is 0.234 e. The minimum Gasteiger partial charge on any atom is -0.383 e. The van der Waals surface area contributed by atoms with Gasteiger partial charge in [-0.3, -0.25) is 4.79 Å². The normalized spacial score (nSPS) is 11.8. The third-order valence-corrected chi connectivity index (χ3v) is 1.78. The van der Waals surface area contributed by atoms with Crippen LogP contribution in [0.2, 0.25) is 0 Å². The Kier molecular flexibility index (Phi) is 7.80. The fourth-order valence-corrected chi connectivity index (χ4v) is 0.960. The molecule has 0 rings (SSSR count). The first-order valence-corrected chi connectivity index (χ1v) is 4.60. The largest absolute Gasteiger partial charge is 0.383 e. The summed E-state index contributed by atoms with van der Waals surface area (Å²) in [5, 5.41) is 13.7. The molecule has 0 aliphatic carbocycles. The van der Waals surface area contributed by atoms with Crippen molar-refractivity contribution in [3.8, 4) is 6.07 Å². The van der Waals surface area contributed by atoms with Crippen LogP contribution in [0, 0.1) is 11.3 Å². The number of methoxy groups -OCH3 is 1. The van der Waals surface area contributed by atoms with Crippen molar-refractivity contribution in [1.29, 1.82) is 5.26 Å². The number of hydrogen-bond donors (Lipinski definition) is 2. The highest BCUT2D eigenvalue weighted by atomic mass is 16.5. The summed E-state index contributed by atoms with van der Waals surface area (Å²) in [6.07, 6.45) is 0.902. The molecule has 0 bridgehead atoms. The molecule has 2 N–H and O–H groups in total. The highest BCUT2D eigenvalue weighted by Gasteiger charge is 2.06. The fraction of sp³-hybridized carbons (Fsp3) is 0.778. The summed E-state index contributed by atoms with van der Waals surface area (Å²) in [4.78, 5) is 11.1. The van der Waals surface area contributed by atoms with Gasteiger partial charge in [0.25, 0.3) is 0 Å². The van der Waals surface area contributed by atoms with Gasteiger partial charge in [0.15, 0.2) is 0 Å². The van der Waals surface area contributed by atoms with Crippen molar-refractivity contribution >= 4 is 5.91 Å². The molecule has 0 aromatic rings. The maximum absolute atomic E-state index is 11.1. The average Bonchev–Trinajstić information content (AvgIpc) is 2.21. The van der Waals surface area contributed by atoms with Crippen LogP contribution in [-0.2, 0) is 9.53 Å². The molecule has 0 aliphatic heterocycles. The van der Waals surface area contributed by atoms with E-state index >= 15 is 0 Å². The van der Waals surface area contributed by atoms with Gasteiger partial charge >= 0.3 is 0 Å². The van der Waals surface area contributed by atoms with Crippen LogP contribution in [0.15, 0.2) is 0 Å². The number of ether oxygens (including phenoxy) is 1. The highest BCUT2D eigenvalue weighted by molar-refractivity contribution is 5.78. The van der Waals surface area contributed by atoms with Gasteiger partial charge in [0.1, 0.15) is 6.54 Å². The van der Waals surface area contributed by atoms with Crippen molar-refractivity contribution in [2.24, 2.45) is 0 Å². The molecule has 0 fully saturated rings. The molecular weight excluding hydrogens is 182 g/mol. The van der Waals surface area contributed by atoms with E-state index in [9.17, 15) is 4.79 Å². The van der Waals surface area contributed by atoms with Gasteiger partial charge < -0.3 is 15.4 Å². The Hall–Kier alpha value is -1.12. The Bertz CT molecular complexity index is 201. The summed E-state index contributed by atoms with van der Waals surface area (Å²) in [5.74, 6) is -0.166. The number of rotatable bonds is 7. The van der Waals surface area contributed by atoms with E-state index in [1.165, 1.54) is 0 Å². The van der Waals surface area contributed by atoms with Crippen LogP contribution in [0.3, 0.4) is 0 Å². The molecule has 0 heterocycles. The molecule has 0 saturated carbocycles. The lowest BCUT2D eigenvalue weighted by atomic mass is 10.2. The third-order valence-electron chi connectivity index (χ3n) is 1.78. The molecule has 5 heteroatoms. The molecule has 0 aliphatic rings. The van der Waals surface area contributed by atoms with Gasteiger partial charge in [-0.05, 0) is 6.42 Å². The van der Waals surface area contributed by atoms with Crippen molar-refractivity contribution < 1.29 is 9.53 Å². The quantitative estimate of drug-likeness (QED) is 0.549. The predicted molar refractivity (Wildman–Crippen MR) is 52.6 cm³/mol. The van der Waals surface area contributed by atoms with Crippen molar-refractivity contribution in [1.82, 2.24) is 10.6 Å². The Balaban J connectivity index is 3.58. The molecule has 80 valence electrons. The van der Waals surface area contributed by atoms with Gasteiger partial charge in [-0.1, -0.05) is 6.92 Å². The lowest BCUT2D eigenvalue weighted by molar-refractivity contribution is -0.120. The second-order valence-corrected chi connectivity index (χ2v) is 2.88. The van der Waals surface area contributed by atoms with Crippen LogP contribution in [-0.4, -0.2) is 38.8 Å². The molecule has 0 aromatic carbocycles. The van der Waals surface area contributed by atoms with E-state index in [4.69, 9.17) is 10.00 Å². The Morgan fingerprint density at radius 2 is 2.36 bits per heavy atom. The highest BCUT2D eigenvalue weighted by Crippen LogP contribution is 1.89. The molecular formula is C9H17N3O2. The fourth-order valence-electron chi connectivity index (χ4n) is 0.960. The second-order valence-electron chi connectivity index (χ2n) is 2.88. The van der Waals surface area contributed by atoms with E-state index in [0.717, 1.165) is 6.42 Å². The van der Waals surface area contributed by atoms with Gasteiger partial charge in [0, 0.05) is 13.2 Å². The Labute approximate surface area is 84.4 Å². The molecule has 1 amide bonds. The molecule has 1 atom stereocenters. The van der Waals surface area contributed by atoms with Crippen molar-refractivity contribution in [3.05, 3.63) is 0 Å². The molecule has 0 radical (unpaired) electrons. The first-order valence-electron chi connectivity index (χ1n) is 4.60. The van der Waals surface area contributed by atoms with Crippen LogP contribution in [0.5, 0.6) is 0 Å². The van der Waals surface area contributed by atoms with Gasteiger partial charge in [-0.15, -0.1) is 0 Å². The van der Waals surface area contributed by atoms with Gasteiger partial charge in [0.05, 0.1) is 19.2 Å². The molecule has 0 spiro atoms. The lowest BCUT2D eigenvalue weighted by Crippen LogP contribution is -2.40. The zero-order valence-corrected chi connectivity index (χ0v) is 8.67. The average molecular weight is 199 g/mol. The number of amides is 1. The monoisotopic (exact) mass is 199 g/mol. The molecule has 0 saturated heterocycles. The topological polar surface area (TPSA) is 74.2 Å². The number of hydrogen-bond acceptors (Lipinski definition) is 4. The van der Waals surface area contributed by atoms with Crippen molar-refractivity contribution in [3.63, 3.8) is 0 Å². The Morgan fingerprint density at radius 1 is 1.64 bits per heavy atom. The van der Waals surface area contributed by atoms with E-state index in [-0.39, 0.29) is 25.0 Å². The van der Waals surface area contributed by atoms with E-state index in [1.807, 2.05) is 13.0 Å². The molecule has 14 heavy (non-hydrogen) atoms. The van der Waals surface area contributed by atoms with E-state index in [2.05, 4.69) is 10.6 Å². The van der Waals surface area contributed by atoms with E-state index in [1.54, 1.807) is 7.11 Å². The van der Waals surface area contributed by atoms with E-state index < -0.39 is 0 Å². The zero-order valence-electron chi connectivity index (χ0n) is 8.67. The van der Waals surface area contributed by atoms with Crippen LogP contribution in [0.1, 0.15) is 13.3 Å².